The number of rotatable bonds is 4. The molecule has 0 saturated carbocycles. The first-order valence-corrected chi connectivity index (χ1v) is 5.25. The molecule has 0 amide bonds. The van der Waals surface area contributed by atoms with Gasteiger partial charge in [0.1, 0.15) is 5.69 Å². The predicted molar refractivity (Wildman–Crippen MR) is 54.5 cm³/mol. The van der Waals surface area contributed by atoms with Crippen molar-refractivity contribution in [2.24, 2.45) is 0 Å². The molecule has 0 bridgehead atoms. The van der Waals surface area contributed by atoms with E-state index in [1.807, 2.05) is 0 Å². The number of hydrogen-bond acceptors (Lipinski definition) is 3. The van der Waals surface area contributed by atoms with Crippen LogP contribution in [0.4, 0.5) is 22.0 Å². The van der Waals surface area contributed by atoms with Crippen LogP contribution in [0.15, 0.2) is 12.3 Å². The number of carbonyl (C=O) groups excluding carboxylic acids is 1. The number of halogens is 5. The van der Waals surface area contributed by atoms with Gasteiger partial charge in [0.25, 0.3) is 6.43 Å². The molecule has 0 N–H and O–H groups in total. The van der Waals surface area contributed by atoms with Gasteiger partial charge in [-0.2, -0.15) is 13.2 Å². The van der Waals surface area contributed by atoms with Crippen LogP contribution >= 0.6 is 0 Å². The zero-order chi connectivity index (χ0) is 14.6. The Kier molecular flexibility index (Phi) is 4.79. The Bertz CT molecular complexity index is 459. The van der Waals surface area contributed by atoms with Crippen LogP contribution in [0.2, 0.25) is 0 Å². The molecule has 3 nitrogen and oxygen atoms in total. The SMILES string of the molecule is CCOC(=O)Cc1cc(C(F)(F)F)cnc1C(F)F. The molecular weight excluding hydrogens is 273 g/mol. The summed E-state index contributed by atoms with van der Waals surface area (Å²) in [5, 5.41) is 0. The van der Waals surface area contributed by atoms with E-state index in [1.54, 1.807) is 0 Å². The summed E-state index contributed by atoms with van der Waals surface area (Å²) in [7, 11) is 0. The molecule has 0 fully saturated rings. The average molecular weight is 283 g/mol. The Hall–Kier alpha value is -1.73. The van der Waals surface area contributed by atoms with E-state index in [4.69, 9.17) is 0 Å². The van der Waals surface area contributed by atoms with E-state index < -0.39 is 41.8 Å². The Morgan fingerprint density at radius 1 is 1.42 bits per heavy atom. The molecule has 0 unspecified atom stereocenters. The van der Waals surface area contributed by atoms with Gasteiger partial charge in [-0.1, -0.05) is 0 Å². The van der Waals surface area contributed by atoms with Gasteiger partial charge >= 0.3 is 12.1 Å². The van der Waals surface area contributed by atoms with Crippen LogP contribution in [0.5, 0.6) is 0 Å². The maximum absolute atomic E-state index is 12.6. The minimum Gasteiger partial charge on any atom is -0.466 e. The number of aromatic nitrogens is 1. The summed E-state index contributed by atoms with van der Waals surface area (Å²) >= 11 is 0. The highest BCUT2D eigenvalue weighted by Gasteiger charge is 2.32. The molecule has 8 heteroatoms. The first-order valence-electron chi connectivity index (χ1n) is 5.25. The van der Waals surface area contributed by atoms with Gasteiger partial charge in [-0.05, 0) is 18.6 Å². The third kappa shape index (κ3) is 4.15. The van der Waals surface area contributed by atoms with Gasteiger partial charge in [0.15, 0.2) is 0 Å². The van der Waals surface area contributed by atoms with Crippen LogP contribution in [0.3, 0.4) is 0 Å². The molecule has 0 aliphatic heterocycles. The lowest BCUT2D eigenvalue weighted by atomic mass is 10.1. The molecule has 0 radical (unpaired) electrons. The fraction of sp³-hybridized carbons (Fsp3) is 0.455. The van der Waals surface area contributed by atoms with Gasteiger partial charge in [0.2, 0.25) is 0 Å². The highest BCUT2D eigenvalue weighted by molar-refractivity contribution is 5.73. The van der Waals surface area contributed by atoms with Gasteiger partial charge < -0.3 is 4.74 Å². The third-order valence-electron chi connectivity index (χ3n) is 2.18. The summed E-state index contributed by atoms with van der Waals surface area (Å²) in [5.41, 5.74) is -2.51. The molecule has 0 spiro atoms. The maximum Gasteiger partial charge on any atom is 0.417 e. The van der Waals surface area contributed by atoms with E-state index in [9.17, 15) is 26.7 Å². The van der Waals surface area contributed by atoms with Crippen molar-refractivity contribution in [3.63, 3.8) is 0 Å². The molecular formula is C11H10F5NO2. The number of hydrogen-bond donors (Lipinski definition) is 0. The number of nitrogens with zero attached hydrogens (tertiary/aromatic N) is 1. The highest BCUT2D eigenvalue weighted by atomic mass is 19.4. The van der Waals surface area contributed by atoms with Crippen LogP contribution in [0, 0.1) is 0 Å². The van der Waals surface area contributed by atoms with Crippen molar-refractivity contribution in [1.82, 2.24) is 4.98 Å². The van der Waals surface area contributed by atoms with Crippen LogP contribution in [-0.2, 0) is 22.1 Å². The highest BCUT2D eigenvalue weighted by Crippen LogP contribution is 2.31. The Balaban J connectivity index is 3.12. The van der Waals surface area contributed by atoms with Gasteiger partial charge in [-0.15, -0.1) is 0 Å². The first-order chi connectivity index (χ1) is 8.75. The number of alkyl halides is 5. The minimum atomic E-state index is -4.71. The van der Waals surface area contributed by atoms with Crippen molar-refractivity contribution in [1.29, 1.82) is 0 Å². The third-order valence-corrected chi connectivity index (χ3v) is 2.18. The molecule has 0 aliphatic carbocycles. The average Bonchev–Trinajstić information content (AvgIpc) is 2.27. The standard InChI is InChI=1S/C11H10F5NO2/c1-2-19-8(18)4-6-3-7(11(14,15)16)5-17-9(6)10(12)13/h3,5,10H,2,4H2,1H3. The summed E-state index contributed by atoms with van der Waals surface area (Å²) in [6.45, 7) is 1.51. The molecule has 1 heterocycles. The van der Waals surface area contributed by atoms with Gasteiger partial charge in [-0.3, -0.25) is 9.78 Å². The topological polar surface area (TPSA) is 39.2 Å². The first kappa shape index (κ1) is 15.3. The molecule has 0 atom stereocenters. The molecule has 1 rings (SSSR count). The lowest BCUT2D eigenvalue weighted by Gasteiger charge is -2.11. The molecule has 1 aromatic heterocycles. The van der Waals surface area contributed by atoms with Crippen molar-refractivity contribution in [2.45, 2.75) is 25.9 Å². The van der Waals surface area contributed by atoms with Crippen LogP contribution < -0.4 is 0 Å². The van der Waals surface area contributed by atoms with E-state index in [0.717, 1.165) is 0 Å². The smallest absolute Gasteiger partial charge is 0.417 e. The lowest BCUT2D eigenvalue weighted by Crippen LogP contribution is -2.13. The van der Waals surface area contributed by atoms with Crippen molar-refractivity contribution >= 4 is 5.97 Å². The van der Waals surface area contributed by atoms with Crippen molar-refractivity contribution in [3.8, 4) is 0 Å². The second-order valence-corrected chi connectivity index (χ2v) is 3.55. The zero-order valence-electron chi connectivity index (χ0n) is 9.80. The van der Waals surface area contributed by atoms with Crippen LogP contribution in [0.25, 0.3) is 0 Å². The number of carbonyl (C=O) groups is 1. The molecule has 0 aromatic carbocycles. The lowest BCUT2D eigenvalue weighted by molar-refractivity contribution is -0.143. The second kappa shape index (κ2) is 5.94. The van der Waals surface area contributed by atoms with Crippen molar-refractivity contribution in [2.75, 3.05) is 6.61 Å². The minimum absolute atomic E-state index is 0.00916. The fourth-order valence-electron chi connectivity index (χ4n) is 1.38. The van der Waals surface area contributed by atoms with E-state index in [2.05, 4.69) is 9.72 Å². The van der Waals surface area contributed by atoms with Gasteiger partial charge in [0.05, 0.1) is 18.6 Å². The molecule has 106 valence electrons. The molecule has 0 aliphatic rings. The Morgan fingerprint density at radius 3 is 2.53 bits per heavy atom. The molecule has 19 heavy (non-hydrogen) atoms. The predicted octanol–water partition coefficient (Wildman–Crippen LogP) is 3.14. The summed E-state index contributed by atoms with van der Waals surface area (Å²) in [5.74, 6) is -0.884. The zero-order valence-corrected chi connectivity index (χ0v) is 9.80. The number of esters is 1. The van der Waals surface area contributed by atoms with E-state index >= 15 is 0 Å². The fourth-order valence-corrected chi connectivity index (χ4v) is 1.38. The summed E-state index contributed by atoms with van der Waals surface area (Å²) < 4.78 is 67.0. The maximum atomic E-state index is 12.6. The van der Waals surface area contributed by atoms with Gasteiger partial charge in [-0.25, -0.2) is 8.78 Å². The van der Waals surface area contributed by atoms with Crippen LogP contribution in [0.1, 0.15) is 30.2 Å². The number of pyridine rings is 1. The molecule has 1 aromatic rings. The second-order valence-electron chi connectivity index (χ2n) is 3.55. The van der Waals surface area contributed by atoms with E-state index in [-0.39, 0.29) is 6.61 Å². The Labute approximate surface area is 105 Å². The molecule has 0 saturated heterocycles. The van der Waals surface area contributed by atoms with E-state index in [1.165, 1.54) is 6.92 Å². The Morgan fingerprint density at radius 2 is 2.05 bits per heavy atom. The van der Waals surface area contributed by atoms with Crippen molar-refractivity contribution in [3.05, 3.63) is 29.1 Å². The van der Waals surface area contributed by atoms with Crippen molar-refractivity contribution < 1.29 is 31.5 Å². The summed E-state index contributed by atoms with van der Waals surface area (Å²) in [6.07, 6.45) is -8.14. The van der Waals surface area contributed by atoms with Gasteiger partial charge in [0, 0.05) is 6.20 Å². The quantitative estimate of drug-likeness (QED) is 0.629. The number of ether oxygens (including phenoxy) is 1. The largest absolute Gasteiger partial charge is 0.466 e. The summed E-state index contributed by atoms with van der Waals surface area (Å²) in [4.78, 5) is 14.3. The van der Waals surface area contributed by atoms with Crippen LogP contribution in [-0.4, -0.2) is 17.6 Å². The normalized spacial score (nSPS) is 11.7. The monoisotopic (exact) mass is 283 g/mol. The van der Waals surface area contributed by atoms with E-state index in [0.29, 0.717) is 12.3 Å². The summed E-state index contributed by atoms with van der Waals surface area (Å²) in [6, 6.07) is 0.491.